The van der Waals surface area contributed by atoms with E-state index in [-0.39, 0.29) is 0 Å². The molecule has 0 fully saturated rings. The number of hydrogen-bond acceptors (Lipinski definition) is 8. The molecule has 6 rings (SSSR count). The maximum Gasteiger partial charge on any atom is 0.139 e. The molecule has 0 atom stereocenters. The Bertz CT molecular complexity index is 1860. The predicted octanol–water partition coefficient (Wildman–Crippen LogP) is 6.44. The van der Waals surface area contributed by atoms with E-state index in [2.05, 4.69) is 92.3 Å². The molecule has 5 aromatic rings. The Balaban J connectivity index is 1.36. The van der Waals surface area contributed by atoms with Crippen LogP contribution in [0.25, 0.3) is 22.7 Å². The molecule has 1 aliphatic rings. The molecule has 0 aliphatic carbocycles. The number of aromatic nitrogens is 4. The summed E-state index contributed by atoms with van der Waals surface area (Å²) >= 11 is 0. The lowest BCUT2D eigenvalue weighted by Crippen LogP contribution is -2.29. The van der Waals surface area contributed by atoms with Crippen LogP contribution in [0.4, 0.5) is 17.3 Å². The van der Waals surface area contributed by atoms with Crippen LogP contribution in [-0.2, 0) is 0 Å². The van der Waals surface area contributed by atoms with Crippen molar-refractivity contribution < 1.29 is 0 Å². The zero-order valence-corrected chi connectivity index (χ0v) is 23.2. The molecule has 0 spiro atoms. The van der Waals surface area contributed by atoms with Gasteiger partial charge < -0.3 is 15.5 Å². The van der Waals surface area contributed by atoms with Gasteiger partial charge in [0.25, 0.3) is 0 Å². The van der Waals surface area contributed by atoms with Crippen molar-refractivity contribution in [3.8, 4) is 0 Å². The van der Waals surface area contributed by atoms with E-state index in [1.165, 1.54) is 18.2 Å². The van der Waals surface area contributed by atoms with E-state index in [0.717, 1.165) is 50.2 Å². The quantitative estimate of drug-likeness (QED) is 0.205. The maximum absolute atomic E-state index is 9.07. The van der Waals surface area contributed by atoms with E-state index >= 15 is 0 Å². The highest BCUT2D eigenvalue weighted by Crippen LogP contribution is 2.39. The van der Waals surface area contributed by atoms with Crippen LogP contribution < -0.4 is 15.5 Å². The number of aryl methyl sites for hydroxylation is 2. The largest absolute Gasteiger partial charge is 0.373 e. The van der Waals surface area contributed by atoms with Gasteiger partial charge in [0.15, 0.2) is 0 Å². The summed E-state index contributed by atoms with van der Waals surface area (Å²) in [6.45, 7) is 9.22. The van der Waals surface area contributed by atoms with E-state index in [1.807, 2.05) is 37.4 Å². The molecule has 3 N–H and O–H groups in total. The Labute approximate surface area is 239 Å². The SMILES string of the molecule is C=C1c2c(C)cccc2C=C(CNc2ncncc2C(=N)c2ccc3ncnc(NC)c3c2)N1c1ccccc1C. The van der Waals surface area contributed by atoms with Crippen LogP contribution in [0.2, 0.25) is 0 Å². The first kappa shape index (κ1) is 25.9. The maximum atomic E-state index is 9.07. The van der Waals surface area contributed by atoms with Crippen molar-refractivity contribution in [3.63, 3.8) is 0 Å². The summed E-state index contributed by atoms with van der Waals surface area (Å²) in [7, 11) is 1.82. The first-order valence-corrected chi connectivity index (χ1v) is 13.4. The van der Waals surface area contributed by atoms with Crippen LogP contribution in [0.3, 0.4) is 0 Å². The van der Waals surface area contributed by atoms with Gasteiger partial charge in [0, 0.05) is 46.8 Å². The van der Waals surface area contributed by atoms with Gasteiger partial charge in [-0.2, -0.15) is 0 Å². The Hall–Kier alpha value is -5.37. The summed E-state index contributed by atoms with van der Waals surface area (Å²) in [5, 5.41) is 16.5. The summed E-state index contributed by atoms with van der Waals surface area (Å²) in [5.74, 6) is 1.29. The smallest absolute Gasteiger partial charge is 0.139 e. The van der Waals surface area contributed by atoms with Gasteiger partial charge in [-0.15, -0.1) is 0 Å². The average Bonchev–Trinajstić information content (AvgIpc) is 3.00. The Morgan fingerprint density at radius 2 is 1.73 bits per heavy atom. The highest BCUT2D eigenvalue weighted by molar-refractivity contribution is 6.15. The molecule has 3 aromatic carbocycles. The summed E-state index contributed by atoms with van der Waals surface area (Å²) in [4.78, 5) is 19.7. The fraction of sp³-hybridized carbons (Fsp3) is 0.121. The van der Waals surface area contributed by atoms with Crippen molar-refractivity contribution in [2.45, 2.75) is 13.8 Å². The number of nitrogens with one attached hydrogen (secondary N) is 3. The molecule has 1 aliphatic heterocycles. The lowest BCUT2D eigenvalue weighted by atomic mass is 9.93. The van der Waals surface area contributed by atoms with Gasteiger partial charge in [-0.1, -0.05) is 49.0 Å². The highest BCUT2D eigenvalue weighted by Gasteiger charge is 2.26. The second-order valence-electron chi connectivity index (χ2n) is 9.96. The van der Waals surface area contributed by atoms with Gasteiger partial charge in [-0.05, 0) is 54.8 Å². The van der Waals surface area contributed by atoms with Crippen LogP contribution in [0.15, 0.2) is 91.8 Å². The number of anilines is 3. The Morgan fingerprint density at radius 1 is 0.927 bits per heavy atom. The minimum absolute atomic E-state index is 0.305. The van der Waals surface area contributed by atoms with Gasteiger partial charge in [-0.25, -0.2) is 19.9 Å². The third-order valence-corrected chi connectivity index (χ3v) is 7.41. The minimum atomic E-state index is 0.305. The van der Waals surface area contributed by atoms with Crippen molar-refractivity contribution in [1.29, 1.82) is 5.41 Å². The zero-order chi connectivity index (χ0) is 28.5. The molecule has 2 aromatic heterocycles. The first-order chi connectivity index (χ1) is 20.0. The van der Waals surface area contributed by atoms with Gasteiger partial charge in [0.05, 0.1) is 23.3 Å². The summed E-state index contributed by atoms with van der Waals surface area (Å²) < 4.78 is 0. The number of hydrogen-bond donors (Lipinski definition) is 3. The highest BCUT2D eigenvalue weighted by atomic mass is 15.2. The van der Waals surface area contributed by atoms with Crippen LogP contribution in [0.5, 0.6) is 0 Å². The summed E-state index contributed by atoms with van der Waals surface area (Å²) in [6, 6.07) is 20.3. The lowest BCUT2D eigenvalue weighted by molar-refractivity contribution is 1.05. The monoisotopic (exact) mass is 538 g/mol. The van der Waals surface area contributed by atoms with Crippen LogP contribution in [0.1, 0.15) is 33.4 Å². The molecule has 202 valence electrons. The molecule has 0 unspecified atom stereocenters. The lowest BCUT2D eigenvalue weighted by Gasteiger charge is -2.35. The molecule has 0 amide bonds. The number of para-hydroxylation sites is 1. The molecule has 0 saturated carbocycles. The van der Waals surface area contributed by atoms with Crippen molar-refractivity contribution in [3.05, 3.63) is 125 Å². The number of rotatable bonds is 7. The second kappa shape index (κ2) is 10.7. The Kier molecular flexibility index (Phi) is 6.73. The average molecular weight is 539 g/mol. The number of nitrogens with zero attached hydrogens (tertiary/aromatic N) is 5. The van der Waals surface area contributed by atoms with Crippen LogP contribution in [0, 0.1) is 19.3 Å². The normalized spacial score (nSPS) is 12.6. The molecule has 41 heavy (non-hydrogen) atoms. The molecular formula is C33H30N8. The molecule has 8 heteroatoms. The predicted molar refractivity (Wildman–Crippen MR) is 167 cm³/mol. The first-order valence-electron chi connectivity index (χ1n) is 13.4. The van der Waals surface area contributed by atoms with E-state index in [0.29, 0.717) is 29.5 Å². The van der Waals surface area contributed by atoms with Crippen molar-refractivity contribution in [2.24, 2.45) is 0 Å². The third-order valence-electron chi connectivity index (χ3n) is 7.41. The van der Waals surface area contributed by atoms with Crippen molar-refractivity contribution >= 4 is 45.7 Å². The van der Waals surface area contributed by atoms with E-state index < -0.39 is 0 Å². The number of benzene rings is 3. The van der Waals surface area contributed by atoms with E-state index in [9.17, 15) is 0 Å². The fourth-order valence-corrected chi connectivity index (χ4v) is 5.37. The molecule has 0 bridgehead atoms. The van der Waals surface area contributed by atoms with E-state index in [4.69, 9.17) is 5.41 Å². The number of fused-ring (bicyclic) bond motifs is 2. The fourth-order valence-electron chi connectivity index (χ4n) is 5.37. The van der Waals surface area contributed by atoms with E-state index in [1.54, 1.807) is 6.20 Å². The van der Waals surface area contributed by atoms with Crippen LogP contribution >= 0.6 is 0 Å². The Morgan fingerprint density at radius 3 is 2.56 bits per heavy atom. The minimum Gasteiger partial charge on any atom is -0.373 e. The van der Waals surface area contributed by atoms with Crippen molar-refractivity contribution in [2.75, 3.05) is 29.1 Å². The van der Waals surface area contributed by atoms with Crippen molar-refractivity contribution in [1.82, 2.24) is 19.9 Å². The van der Waals surface area contributed by atoms with Crippen LogP contribution in [-0.4, -0.2) is 39.2 Å². The van der Waals surface area contributed by atoms with Gasteiger partial charge >= 0.3 is 0 Å². The topological polar surface area (TPSA) is 103 Å². The van der Waals surface area contributed by atoms with Gasteiger partial charge in [0.2, 0.25) is 0 Å². The van der Waals surface area contributed by atoms with Gasteiger partial charge in [-0.3, -0.25) is 5.41 Å². The van der Waals surface area contributed by atoms with Gasteiger partial charge in [0.1, 0.15) is 24.3 Å². The molecule has 3 heterocycles. The molecule has 0 radical (unpaired) electrons. The summed E-state index contributed by atoms with van der Waals surface area (Å²) in [6.07, 6.45) is 6.90. The summed E-state index contributed by atoms with van der Waals surface area (Å²) in [5.41, 5.74) is 10.1. The second-order valence-corrected chi connectivity index (χ2v) is 9.96. The zero-order valence-electron chi connectivity index (χ0n) is 23.2. The third kappa shape index (κ3) is 4.69. The molecular weight excluding hydrogens is 508 g/mol. The molecule has 0 saturated heterocycles. The standard InChI is InChI=1S/C33H30N8/c1-20-8-5-6-11-29(20)41-22(3)30-21(2)9-7-10-23(30)14-25(41)16-37-33-27(17-36-18-39-33)31(34)24-12-13-28-26(15-24)32(35-4)40-19-38-28/h5-15,17-19,34H,3,16H2,1-2,4H3,(H,35,38,40)(H,36,37,39). The molecule has 8 nitrogen and oxygen atoms in total.